The van der Waals surface area contributed by atoms with E-state index in [4.69, 9.17) is 4.74 Å². The van der Waals surface area contributed by atoms with Crippen molar-refractivity contribution in [2.75, 3.05) is 12.4 Å². The molecule has 0 fully saturated rings. The normalized spacial score (nSPS) is 12.1. The number of imidazole rings is 1. The van der Waals surface area contributed by atoms with Crippen LogP contribution in [0.2, 0.25) is 0 Å². The Morgan fingerprint density at radius 3 is 2.76 bits per heavy atom. The number of amides is 1. The van der Waals surface area contributed by atoms with Gasteiger partial charge >= 0.3 is 0 Å². The SMILES string of the molecule is CN[C@@H](C)C(=O)Nc1nc2c(OCc3ccc(F)cc3)cccc2[nH]1. The molecule has 0 spiro atoms. The molecule has 0 aliphatic rings. The summed E-state index contributed by atoms with van der Waals surface area (Å²) < 4.78 is 18.8. The smallest absolute Gasteiger partial charge is 0.243 e. The van der Waals surface area contributed by atoms with Gasteiger partial charge in [-0.05, 0) is 43.8 Å². The van der Waals surface area contributed by atoms with E-state index < -0.39 is 0 Å². The van der Waals surface area contributed by atoms with Crippen LogP contribution in [-0.4, -0.2) is 29.0 Å². The maximum absolute atomic E-state index is 13.0. The van der Waals surface area contributed by atoms with Gasteiger partial charge in [0.15, 0.2) is 0 Å². The molecule has 3 N–H and O–H groups in total. The quantitative estimate of drug-likeness (QED) is 0.644. The van der Waals surface area contributed by atoms with Gasteiger partial charge in [-0.2, -0.15) is 0 Å². The predicted octanol–water partition coefficient (Wildman–Crippen LogP) is 2.83. The molecule has 0 aliphatic heterocycles. The Hall–Kier alpha value is -2.93. The molecule has 7 heteroatoms. The van der Waals surface area contributed by atoms with Gasteiger partial charge < -0.3 is 15.0 Å². The average Bonchev–Trinajstić information content (AvgIpc) is 3.03. The van der Waals surface area contributed by atoms with E-state index in [0.29, 0.717) is 23.8 Å². The van der Waals surface area contributed by atoms with Gasteiger partial charge in [-0.15, -0.1) is 0 Å². The number of fused-ring (bicyclic) bond motifs is 1. The number of ether oxygens (including phenoxy) is 1. The van der Waals surface area contributed by atoms with E-state index in [0.717, 1.165) is 11.1 Å². The molecule has 25 heavy (non-hydrogen) atoms. The molecule has 0 saturated heterocycles. The van der Waals surface area contributed by atoms with Gasteiger partial charge in [0, 0.05) is 0 Å². The molecule has 130 valence electrons. The molecular weight excluding hydrogens is 323 g/mol. The van der Waals surface area contributed by atoms with Crippen molar-refractivity contribution in [2.24, 2.45) is 0 Å². The number of benzene rings is 2. The highest BCUT2D eigenvalue weighted by molar-refractivity contribution is 5.95. The molecule has 0 aliphatic carbocycles. The summed E-state index contributed by atoms with van der Waals surface area (Å²) in [5.74, 6) is 0.477. The molecule has 2 aromatic carbocycles. The number of aromatic amines is 1. The van der Waals surface area contributed by atoms with Crippen LogP contribution in [0.15, 0.2) is 42.5 Å². The van der Waals surface area contributed by atoms with E-state index in [2.05, 4.69) is 20.6 Å². The van der Waals surface area contributed by atoms with Crippen molar-refractivity contribution in [3.63, 3.8) is 0 Å². The van der Waals surface area contributed by atoms with Crippen LogP contribution in [0.25, 0.3) is 11.0 Å². The van der Waals surface area contributed by atoms with E-state index in [1.54, 1.807) is 32.2 Å². The Balaban J connectivity index is 1.77. The fourth-order valence-corrected chi connectivity index (χ4v) is 2.28. The average molecular weight is 342 g/mol. The Morgan fingerprint density at radius 1 is 1.28 bits per heavy atom. The fraction of sp³-hybridized carbons (Fsp3) is 0.222. The van der Waals surface area contributed by atoms with E-state index in [1.807, 2.05) is 12.1 Å². The third-order valence-corrected chi connectivity index (χ3v) is 3.85. The highest BCUT2D eigenvalue weighted by Crippen LogP contribution is 2.25. The molecule has 1 heterocycles. The van der Waals surface area contributed by atoms with Gasteiger partial charge in [0.1, 0.15) is 23.7 Å². The zero-order valence-electron chi connectivity index (χ0n) is 14.0. The number of rotatable bonds is 6. The van der Waals surface area contributed by atoms with Gasteiger partial charge in [-0.1, -0.05) is 18.2 Å². The van der Waals surface area contributed by atoms with Crippen molar-refractivity contribution >= 4 is 22.9 Å². The minimum absolute atomic E-state index is 0.185. The minimum Gasteiger partial charge on any atom is -0.487 e. The summed E-state index contributed by atoms with van der Waals surface area (Å²) in [4.78, 5) is 19.4. The molecule has 0 unspecified atom stereocenters. The predicted molar refractivity (Wildman–Crippen MR) is 94.0 cm³/mol. The summed E-state index contributed by atoms with van der Waals surface area (Å²) in [6.45, 7) is 2.06. The van der Waals surface area contributed by atoms with Crippen LogP contribution in [0.4, 0.5) is 10.3 Å². The fourth-order valence-electron chi connectivity index (χ4n) is 2.28. The maximum Gasteiger partial charge on any atom is 0.243 e. The van der Waals surface area contributed by atoms with Crippen molar-refractivity contribution in [3.8, 4) is 5.75 Å². The summed E-state index contributed by atoms with van der Waals surface area (Å²) in [6.07, 6.45) is 0. The second-order valence-electron chi connectivity index (χ2n) is 5.65. The molecular formula is C18H19FN4O2. The third-order valence-electron chi connectivity index (χ3n) is 3.85. The van der Waals surface area contributed by atoms with Crippen LogP contribution in [0.3, 0.4) is 0 Å². The van der Waals surface area contributed by atoms with Crippen molar-refractivity contribution < 1.29 is 13.9 Å². The zero-order chi connectivity index (χ0) is 17.8. The molecule has 1 atom stereocenters. The van der Waals surface area contributed by atoms with Crippen molar-refractivity contribution in [1.82, 2.24) is 15.3 Å². The first-order valence-electron chi connectivity index (χ1n) is 7.91. The number of anilines is 1. The van der Waals surface area contributed by atoms with Gasteiger partial charge in [0.05, 0.1) is 11.6 Å². The first-order valence-corrected chi connectivity index (χ1v) is 7.91. The number of hydrogen-bond donors (Lipinski definition) is 3. The number of H-pyrrole nitrogens is 1. The highest BCUT2D eigenvalue weighted by Gasteiger charge is 2.14. The molecule has 0 saturated carbocycles. The van der Waals surface area contributed by atoms with Crippen LogP contribution < -0.4 is 15.4 Å². The summed E-state index contributed by atoms with van der Waals surface area (Å²) in [5, 5.41) is 5.59. The lowest BCUT2D eigenvalue weighted by molar-refractivity contribution is -0.117. The lowest BCUT2D eigenvalue weighted by Gasteiger charge is -2.08. The minimum atomic E-state index is -0.331. The Labute approximate surface area is 144 Å². The summed E-state index contributed by atoms with van der Waals surface area (Å²) in [7, 11) is 1.71. The van der Waals surface area contributed by atoms with E-state index in [9.17, 15) is 9.18 Å². The van der Waals surface area contributed by atoms with Gasteiger partial charge in [0.25, 0.3) is 0 Å². The maximum atomic E-state index is 13.0. The largest absolute Gasteiger partial charge is 0.487 e. The number of likely N-dealkylation sites (N-methyl/N-ethyl adjacent to an activating group) is 1. The van der Waals surface area contributed by atoms with Gasteiger partial charge in [-0.3, -0.25) is 10.1 Å². The van der Waals surface area contributed by atoms with Crippen molar-refractivity contribution in [2.45, 2.75) is 19.6 Å². The molecule has 0 bridgehead atoms. The highest BCUT2D eigenvalue weighted by atomic mass is 19.1. The van der Waals surface area contributed by atoms with E-state index in [1.165, 1.54) is 12.1 Å². The standard InChI is InChI=1S/C18H19FN4O2/c1-11(20-2)17(24)23-18-21-14-4-3-5-15(16(14)22-18)25-10-12-6-8-13(19)9-7-12/h3-9,11,20H,10H2,1-2H3,(H2,21,22,23,24)/t11-/m0/s1. The van der Waals surface area contributed by atoms with Gasteiger partial charge in [-0.25, -0.2) is 9.37 Å². The lowest BCUT2D eigenvalue weighted by Crippen LogP contribution is -2.35. The molecule has 3 aromatic rings. The number of nitrogens with one attached hydrogen (secondary N) is 3. The van der Waals surface area contributed by atoms with E-state index >= 15 is 0 Å². The van der Waals surface area contributed by atoms with Gasteiger partial charge in [0.2, 0.25) is 11.9 Å². The Morgan fingerprint density at radius 2 is 2.04 bits per heavy atom. The number of carbonyl (C=O) groups excluding carboxylic acids is 1. The zero-order valence-corrected chi connectivity index (χ0v) is 14.0. The Bertz CT molecular complexity index is 876. The topological polar surface area (TPSA) is 79.0 Å². The molecule has 3 rings (SSSR count). The summed E-state index contributed by atoms with van der Waals surface area (Å²) in [6, 6.07) is 11.3. The number of carbonyl (C=O) groups is 1. The number of halogens is 1. The van der Waals surface area contributed by atoms with Crippen LogP contribution >= 0.6 is 0 Å². The number of aromatic nitrogens is 2. The summed E-state index contributed by atoms with van der Waals surface area (Å²) in [5.41, 5.74) is 2.23. The van der Waals surface area contributed by atoms with Crippen LogP contribution in [0.5, 0.6) is 5.75 Å². The molecule has 1 amide bonds. The second kappa shape index (κ2) is 7.31. The van der Waals surface area contributed by atoms with E-state index in [-0.39, 0.29) is 17.8 Å². The lowest BCUT2D eigenvalue weighted by atomic mass is 10.2. The van der Waals surface area contributed by atoms with Crippen LogP contribution in [0.1, 0.15) is 12.5 Å². The molecule has 1 aromatic heterocycles. The monoisotopic (exact) mass is 342 g/mol. The second-order valence-corrected chi connectivity index (χ2v) is 5.65. The first kappa shape index (κ1) is 16.9. The number of para-hydroxylation sites is 1. The van der Waals surface area contributed by atoms with Crippen LogP contribution in [0, 0.1) is 5.82 Å². The van der Waals surface area contributed by atoms with Crippen LogP contribution in [-0.2, 0) is 11.4 Å². The van der Waals surface area contributed by atoms with Crippen molar-refractivity contribution in [1.29, 1.82) is 0 Å². The number of nitrogens with zero attached hydrogens (tertiary/aromatic N) is 1. The molecule has 6 nitrogen and oxygen atoms in total. The summed E-state index contributed by atoms with van der Waals surface area (Å²) >= 11 is 0. The molecule has 0 radical (unpaired) electrons. The Kier molecular flexibility index (Phi) is 4.95. The third kappa shape index (κ3) is 3.95. The first-order chi connectivity index (χ1) is 12.1. The number of hydrogen-bond acceptors (Lipinski definition) is 4. The van der Waals surface area contributed by atoms with Crippen molar-refractivity contribution in [3.05, 3.63) is 53.8 Å².